The normalized spacial score (nSPS) is 12.3. The van der Waals surface area contributed by atoms with Gasteiger partial charge < -0.3 is 10.4 Å². The van der Waals surface area contributed by atoms with Crippen molar-refractivity contribution in [1.82, 2.24) is 0 Å². The van der Waals surface area contributed by atoms with Crippen molar-refractivity contribution in [2.45, 2.75) is 32.0 Å². The number of hydrogen-bond donors (Lipinski definition) is 2. The minimum Gasteiger partial charge on any atom is -0.481 e. The summed E-state index contributed by atoms with van der Waals surface area (Å²) in [6, 6.07) is 5.00. The number of alkyl halides is 3. The van der Waals surface area contributed by atoms with Crippen LogP contribution in [0.4, 0.5) is 18.9 Å². The van der Waals surface area contributed by atoms with Crippen LogP contribution in [0.3, 0.4) is 0 Å². The molecule has 0 bridgehead atoms. The van der Waals surface area contributed by atoms with Crippen LogP contribution in [-0.4, -0.2) is 16.6 Å². The third-order valence-corrected chi connectivity index (χ3v) is 2.30. The number of carboxylic acids is 1. The van der Waals surface area contributed by atoms with Crippen molar-refractivity contribution in [1.29, 1.82) is 0 Å². The molecule has 100 valence electrons. The quantitative estimate of drug-likeness (QED) is 0.873. The zero-order valence-corrected chi connectivity index (χ0v) is 10.0. The molecule has 0 saturated carbocycles. The second-order valence-electron chi connectivity index (χ2n) is 4.62. The van der Waals surface area contributed by atoms with E-state index in [1.54, 1.807) is 0 Å². The minimum absolute atomic E-state index is 0.115. The molecule has 0 amide bonds. The largest absolute Gasteiger partial charge is 0.481 e. The zero-order chi connectivity index (χ0) is 14.0. The van der Waals surface area contributed by atoms with Crippen LogP contribution in [0.15, 0.2) is 24.3 Å². The van der Waals surface area contributed by atoms with E-state index in [-0.39, 0.29) is 12.1 Å². The molecule has 18 heavy (non-hydrogen) atoms. The first-order valence-corrected chi connectivity index (χ1v) is 5.28. The Morgan fingerprint density at radius 3 is 2.33 bits per heavy atom. The van der Waals surface area contributed by atoms with Crippen LogP contribution in [0.25, 0.3) is 0 Å². The van der Waals surface area contributed by atoms with Gasteiger partial charge in [-0.3, -0.25) is 4.79 Å². The summed E-state index contributed by atoms with van der Waals surface area (Å²) < 4.78 is 38.2. The molecular weight excluding hydrogens is 247 g/mol. The monoisotopic (exact) mass is 261 g/mol. The topological polar surface area (TPSA) is 49.3 Å². The fourth-order valence-electron chi connectivity index (χ4n) is 1.63. The van der Waals surface area contributed by atoms with Gasteiger partial charge in [0.25, 0.3) is 0 Å². The standard InChI is InChI=1S/C12H14F3NO2/c1-11(2,7-10(17)18)16-9-6-4-3-5-8(9)12(13,14)15/h3-6,16H,7H2,1-2H3,(H,17,18). The fourth-order valence-corrected chi connectivity index (χ4v) is 1.63. The maximum Gasteiger partial charge on any atom is 0.418 e. The van der Waals surface area contributed by atoms with Crippen LogP contribution < -0.4 is 5.32 Å². The van der Waals surface area contributed by atoms with Crippen molar-refractivity contribution in [2.24, 2.45) is 0 Å². The van der Waals surface area contributed by atoms with E-state index in [0.717, 1.165) is 6.07 Å². The van der Waals surface area contributed by atoms with E-state index < -0.39 is 23.2 Å². The number of hydrogen-bond acceptors (Lipinski definition) is 2. The van der Waals surface area contributed by atoms with E-state index >= 15 is 0 Å². The average molecular weight is 261 g/mol. The fraction of sp³-hybridized carbons (Fsp3) is 0.417. The van der Waals surface area contributed by atoms with Crippen LogP contribution in [0.2, 0.25) is 0 Å². The summed E-state index contributed by atoms with van der Waals surface area (Å²) in [5.41, 5.74) is -1.88. The van der Waals surface area contributed by atoms with Gasteiger partial charge in [0, 0.05) is 11.2 Å². The molecule has 0 unspecified atom stereocenters. The molecule has 3 nitrogen and oxygen atoms in total. The summed E-state index contributed by atoms with van der Waals surface area (Å²) in [5, 5.41) is 11.3. The Balaban J connectivity index is 3.01. The third-order valence-electron chi connectivity index (χ3n) is 2.30. The molecule has 0 saturated heterocycles. The SMILES string of the molecule is CC(C)(CC(=O)O)Nc1ccccc1C(F)(F)F. The smallest absolute Gasteiger partial charge is 0.418 e. The van der Waals surface area contributed by atoms with Gasteiger partial charge in [-0.2, -0.15) is 13.2 Å². The lowest BCUT2D eigenvalue weighted by Gasteiger charge is -2.27. The Hall–Kier alpha value is -1.72. The molecule has 6 heteroatoms. The molecule has 0 spiro atoms. The van der Waals surface area contributed by atoms with E-state index in [9.17, 15) is 18.0 Å². The van der Waals surface area contributed by atoms with Gasteiger partial charge in [-0.25, -0.2) is 0 Å². The number of aliphatic carboxylic acids is 1. The molecular formula is C12H14F3NO2. The van der Waals surface area contributed by atoms with Crippen molar-refractivity contribution in [3.8, 4) is 0 Å². The molecule has 0 aliphatic heterocycles. The number of benzene rings is 1. The highest BCUT2D eigenvalue weighted by Crippen LogP contribution is 2.35. The van der Waals surface area contributed by atoms with Gasteiger partial charge in [0.2, 0.25) is 0 Å². The summed E-state index contributed by atoms with van der Waals surface area (Å²) in [7, 11) is 0. The first-order valence-electron chi connectivity index (χ1n) is 5.28. The van der Waals surface area contributed by atoms with Crippen LogP contribution in [0.1, 0.15) is 25.8 Å². The van der Waals surface area contributed by atoms with Gasteiger partial charge in [0.05, 0.1) is 12.0 Å². The van der Waals surface area contributed by atoms with Crippen molar-refractivity contribution >= 4 is 11.7 Å². The molecule has 0 aromatic heterocycles. The lowest BCUT2D eigenvalue weighted by Crippen LogP contribution is -2.34. The van der Waals surface area contributed by atoms with Crippen molar-refractivity contribution in [3.63, 3.8) is 0 Å². The lowest BCUT2D eigenvalue weighted by molar-refractivity contribution is -0.138. The molecule has 0 aliphatic rings. The predicted octanol–water partition coefficient (Wildman–Crippen LogP) is 3.37. The summed E-state index contributed by atoms with van der Waals surface area (Å²) in [4.78, 5) is 10.6. The molecule has 1 aromatic carbocycles. The highest BCUT2D eigenvalue weighted by atomic mass is 19.4. The average Bonchev–Trinajstić information content (AvgIpc) is 2.13. The summed E-state index contributed by atoms with van der Waals surface area (Å²) in [6.07, 6.45) is -4.75. The van der Waals surface area contributed by atoms with Crippen LogP contribution in [-0.2, 0) is 11.0 Å². The number of carboxylic acid groups (broad SMARTS) is 1. The number of para-hydroxylation sites is 1. The van der Waals surface area contributed by atoms with E-state index in [1.165, 1.54) is 32.0 Å². The number of halogens is 3. The number of anilines is 1. The molecule has 1 rings (SSSR count). The van der Waals surface area contributed by atoms with Crippen molar-refractivity contribution < 1.29 is 23.1 Å². The number of nitrogens with one attached hydrogen (secondary N) is 1. The molecule has 0 aliphatic carbocycles. The van der Waals surface area contributed by atoms with Crippen LogP contribution in [0, 0.1) is 0 Å². The van der Waals surface area contributed by atoms with Crippen molar-refractivity contribution in [3.05, 3.63) is 29.8 Å². The lowest BCUT2D eigenvalue weighted by atomic mass is 9.99. The summed E-state index contributed by atoms with van der Waals surface area (Å²) in [5.74, 6) is -1.07. The first-order chi connectivity index (χ1) is 8.12. The van der Waals surface area contributed by atoms with E-state index in [0.29, 0.717) is 0 Å². The van der Waals surface area contributed by atoms with E-state index in [4.69, 9.17) is 5.11 Å². The van der Waals surface area contributed by atoms with Gasteiger partial charge in [-0.15, -0.1) is 0 Å². The minimum atomic E-state index is -4.47. The van der Waals surface area contributed by atoms with Gasteiger partial charge in [0.15, 0.2) is 0 Å². The van der Waals surface area contributed by atoms with Gasteiger partial charge in [-0.1, -0.05) is 12.1 Å². The maximum atomic E-state index is 12.7. The number of carbonyl (C=O) groups is 1. The molecule has 0 atom stereocenters. The van der Waals surface area contributed by atoms with Gasteiger partial charge in [-0.05, 0) is 26.0 Å². The molecule has 1 aromatic rings. The Labute approximate surface area is 103 Å². The molecule has 0 fully saturated rings. The van der Waals surface area contributed by atoms with Gasteiger partial charge >= 0.3 is 12.1 Å². The highest BCUT2D eigenvalue weighted by molar-refractivity contribution is 5.69. The number of rotatable bonds is 4. The Morgan fingerprint density at radius 2 is 1.83 bits per heavy atom. The van der Waals surface area contributed by atoms with Crippen LogP contribution >= 0.6 is 0 Å². The summed E-state index contributed by atoms with van der Waals surface area (Å²) in [6.45, 7) is 3.07. The molecule has 2 N–H and O–H groups in total. The molecule has 0 radical (unpaired) electrons. The Kier molecular flexibility index (Phi) is 3.88. The van der Waals surface area contributed by atoms with Gasteiger partial charge in [0.1, 0.15) is 0 Å². The Bertz CT molecular complexity index is 441. The van der Waals surface area contributed by atoms with Crippen LogP contribution in [0.5, 0.6) is 0 Å². The first kappa shape index (κ1) is 14.3. The maximum absolute atomic E-state index is 12.7. The van der Waals surface area contributed by atoms with Crippen molar-refractivity contribution in [2.75, 3.05) is 5.32 Å². The zero-order valence-electron chi connectivity index (χ0n) is 10.0. The summed E-state index contributed by atoms with van der Waals surface area (Å²) >= 11 is 0. The third kappa shape index (κ3) is 3.94. The predicted molar refractivity (Wildman–Crippen MR) is 61.4 cm³/mol. The second-order valence-corrected chi connectivity index (χ2v) is 4.62. The van der Waals surface area contributed by atoms with E-state index in [1.807, 2.05) is 0 Å². The molecule has 0 heterocycles. The highest BCUT2D eigenvalue weighted by Gasteiger charge is 2.34. The Morgan fingerprint density at radius 1 is 1.28 bits per heavy atom. The van der Waals surface area contributed by atoms with E-state index in [2.05, 4.69) is 5.32 Å². The second kappa shape index (κ2) is 4.88.